The van der Waals surface area contributed by atoms with Gasteiger partial charge in [0.1, 0.15) is 5.69 Å². The smallest absolute Gasteiger partial charge is 0.352 e. The van der Waals surface area contributed by atoms with Gasteiger partial charge in [0, 0.05) is 5.69 Å². The van der Waals surface area contributed by atoms with E-state index in [2.05, 4.69) is 11.1 Å². The number of aromatic carboxylic acids is 1. The molecule has 0 spiro atoms. The Bertz CT molecular complexity index is 354. The molecule has 0 aromatic carbocycles. The first-order valence-electron chi connectivity index (χ1n) is 3.64. The second-order valence-corrected chi connectivity index (χ2v) is 3.90. The standard InChI is InChI=1S/C8H8NO2P/c10-8(11)6-4-7-5(9-6)2-1-3-12-7/h1-2,4,9,12H,3H2,(H,10,11). The molecule has 62 valence electrons. The van der Waals surface area contributed by atoms with Crippen LogP contribution in [-0.4, -0.2) is 22.2 Å². The quantitative estimate of drug-likeness (QED) is 0.636. The molecule has 12 heavy (non-hydrogen) atoms. The number of rotatable bonds is 1. The Morgan fingerprint density at radius 2 is 2.50 bits per heavy atom. The van der Waals surface area contributed by atoms with Crippen LogP contribution in [0.1, 0.15) is 16.2 Å². The van der Waals surface area contributed by atoms with Crippen molar-refractivity contribution in [2.24, 2.45) is 0 Å². The van der Waals surface area contributed by atoms with E-state index in [0.717, 1.165) is 17.2 Å². The molecule has 0 saturated carbocycles. The van der Waals surface area contributed by atoms with Crippen molar-refractivity contribution in [2.45, 2.75) is 0 Å². The maximum Gasteiger partial charge on any atom is 0.352 e. The van der Waals surface area contributed by atoms with Gasteiger partial charge < -0.3 is 10.1 Å². The summed E-state index contributed by atoms with van der Waals surface area (Å²) in [7, 11) is 0.705. The highest BCUT2D eigenvalue weighted by Crippen LogP contribution is 2.20. The number of hydrogen-bond donors (Lipinski definition) is 2. The summed E-state index contributed by atoms with van der Waals surface area (Å²) >= 11 is 0. The molecule has 3 nitrogen and oxygen atoms in total. The van der Waals surface area contributed by atoms with E-state index in [4.69, 9.17) is 5.11 Å². The SMILES string of the molecule is O=C(O)c1cc2c([nH]1)C=CCP2. The molecular formula is C8H8NO2P. The second kappa shape index (κ2) is 2.76. The van der Waals surface area contributed by atoms with E-state index in [0.29, 0.717) is 14.3 Å². The lowest BCUT2D eigenvalue weighted by Gasteiger charge is -2.01. The highest BCUT2D eigenvalue weighted by atomic mass is 31.1. The average molecular weight is 181 g/mol. The van der Waals surface area contributed by atoms with Crippen LogP contribution in [0.25, 0.3) is 6.08 Å². The Balaban J connectivity index is 2.46. The molecule has 1 aliphatic rings. The van der Waals surface area contributed by atoms with Crippen molar-refractivity contribution in [3.63, 3.8) is 0 Å². The van der Waals surface area contributed by atoms with Gasteiger partial charge >= 0.3 is 5.97 Å². The fraction of sp³-hybridized carbons (Fsp3) is 0.125. The van der Waals surface area contributed by atoms with E-state index in [1.807, 2.05) is 6.08 Å². The molecule has 0 aliphatic carbocycles. The number of H-pyrrole nitrogens is 1. The molecule has 1 atom stereocenters. The maximum atomic E-state index is 10.6. The van der Waals surface area contributed by atoms with Crippen LogP contribution in [0, 0.1) is 0 Å². The highest BCUT2D eigenvalue weighted by Gasteiger charge is 2.12. The molecule has 0 radical (unpaired) electrons. The summed E-state index contributed by atoms with van der Waals surface area (Å²) in [5.74, 6) is -0.886. The third-order valence-corrected chi connectivity index (χ3v) is 3.01. The average Bonchev–Trinajstić information content (AvgIpc) is 2.46. The van der Waals surface area contributed by atoms with Gasteiger partial charge in [-0.05, 0) is 23.6 Å². The van der Waals surface area contributed by atoms with Crippen molar-refractivity contribution >= 4 is 25.9 Å². The lowest BCUT2D eigenvalue weighted by atomic mass is 10.4. The topological polar surface area (TPSA) is 53.1 Å². The Hall–Kier alpha value is -1.08. The first kappa shape index (κ1) is 7.56. The zero-order valence-corrected chi connectivity index (χ0v) is 7.29. The predicted octanol–water partition coefficient (Wildman–Crippen LogP) is 1.04. The van der Waals surface area contributed by atoms with Gasteiger partial charge in [-0.2, -0.15) is 0 Å². The normalized spacial score (nSPS) is 16.3. The Morgan fingerprint density at radius 3 is 3.17 bits per heavy atom. The van der Waals surface area contributed by atoms with E-state index < -0.39 is 5.97 Å². The number of nitrogens with one attached hydrogen (secondary N) is 1. The maximum absolute atomic E-state index is 10.6. The molecule has 1 aliphatic heterocycles. The summed E-state index contributed by atoms with van der Waals surface area (Å²) in [6.45, 7) is 0. The van der Waals surface area contributed by atoms with Gasteiger partial charge in [-0.15, -0.1) is 0 Å². The van der Waals surface area contributed by atoms with Crippen LogP contribution < -0.4 is 5.30 Å². The first-order chi connectivity index (χ1) is 5.77. The van der Waals surface area contributed by atoms with Gasteiger partial charge in [-0.25, -0.2) is 4.79 Å². The number of carbonyl (C=O) groups is 1. The minimum Gasteiger partial charge on any atom is -0.477 e. The van der Waals surface area contributed by atoms with Crippen molar-refractivity contribution in [3.05, 3.63) is 23.5 Å². The molecule has 1 aromatic rings. The molecule has 2 heterocycles. The number of hydrogen-bond acceptors (Lipinski definition) is 1. The molecular weight excluding hydrogens is 173 g/mol. The molecule has 0 amide bonds. The lowest BCUT2D eigenvalue weighted by molar-refractivity contribution is 0.0691. The van der Waals surface area contributed by atoms with E-state index in [1.54, 1.807) is 6.07 Å². The van der Waals surface area contributed by atoms with Crippen LogP contribution in [0.15, 0.2) is 12.1 Å². The number of aromatic nitrogens is 1. The minimum absolute atomic E-state index is 0.291. The number of aromatic amines is 1. The zero-order chi connectivity index (χ0) is 8.55. The molecule has 0 fully saturated rings. The van der Waals surface area contributed by atoms with Gasteiger partial charge in [-0.3, -0.25) is 0 Å². The van der Waals surface area contributed by atoms with Crippen molar-refractivity contribution < 1.29 is 9.90 Å². The summed E-state index contributed by atoms with van der Waals surface area (Å²) < 4.78 is 0. The third kappa shape index (κ3) is 1.16. The summed E-state index contributed by atoms with van der Waals surface area (Å²) in [6.07, 6.45) is 5.03. The van der Waals surface area contributed by atoms with Gasteiger partial charge in [-0.1, -0.05) is 14.7 Å². The Kier molecular flexibility index (Phi) is 1.74. The van der Waals surface area contributed by atoms with E-state index in [-0.39, 0.29) is 0 Å². The number of carboxylic acid groups (broad SMARTS) is 1. The molecule has 0 bridgehead atoms. The van der Waals surface area contributed by atoms with Crippen LogP contribution in [0.4, 0.5) is 0 Å². The number of allylic oxidation sites excluding steroid dienone is 1. The van der Waals surface area contributed by atoms with E-state index in [1.165, 1.54) is 0 Å². The summed E-state index contributed by atoms with van der Waals surface area (Å²) in [4.78, 5) is 13.4. The van der Waals surface area contributed by atoms with Crippen LogP contribution >= 0.6 is 8.58 Å². The molecule has 2 N–H and O–H groups in total. The second-order valence-electron chi connectivity index (χ2n) is 2.60. The monoisotopic (exact) mass is 181 g/mol. The molecule has 1 unspecified atom stereocenters. The number of fused-ring (bicyclic) bond motifs is 1. The molecule has 0 saturated heterocycles. The highest BCUT2D eigenvalue weighted by molar-refractivity contribution is 7.47. The molecule has 4 heteroatoms. The Labute approximate surface area is 71.3 Å². The van der Waals surface area contributed by atoms with Crippen molar-refractivity contribution in [1.29, 1.82) is 0 Å². The van der Waals surface area contributed by atoms with Gasteiger partial charge in [0.2, 0.25) is 0 Å². The number of carboxylic acids is 1. The minimum atomic E-state index is -0.886. The third-order valence-electron chi connectivity index (χ3n) is 1.77. The van der Waals surface area contributed by atoms with Gasteiger partial charge in [0.15, 0.2) is 0 Å². The largest absolute Gasteiger partial charge is 0.477 e. The summed E-state index contributed by atoms with van der Waals surface area (Å²) in [5.41, 5.74) is 1.25. The van der Waals surface area contributed by atoms with E-state index >= 15 is 0 Å². The first-order valence-corrected chi connectivity index (χ1v) is 4.85. The van der Waals surface area contributed by atoms with Crippen LogP contribution in [0.5, 0.6) is 0 Å². The van der Waals surface area contributed by atoms with Gasteiger partial charge in [0.05, 0.1) is 0 Å². The van der Waals surface area contributed by atoms with Crippen molar-refractivity contribution in [2.75, 3.05) is 6.16 Å². The summed E-state index contributed by atoms with van der Waals surface area (Å²) in [5, 5.41) is 9.82. The van der Waals surface area contributed by atoms with Crippen molar-refractivity contribution in [3.8, 4) is 0 Å². The zero-order valence-electron chi connectivity index (χ0n) is 6.29. The van der Waals surface area contributed by atoms with Crippen LogP contribution in [0.2, 0.25) is 0 Å². The summed E-state index contributed by atoms with van der Waals surface area (Å²) in [6, 6.07) is 1.72. The molecule has 2 rings (SSSR count). The van der Waals surface area contributed by atoms with Crippen molar-refractivity contribution in [1.82, 2.24) is 4.98 Å². The fourth-order valence-electron chi connectivity index (χ4n) is 1.21. The molecule has 1 aromatic heterocycles. The lowest BCUT2D eigenvalue weighted by Crippen LogP contribution is -1.99. The van der Waals surface area contributed by atoms with Crippen LogP contribution in [0.3, 0.4) is 0 Å². The van der Waals surface area contributed by atoms with E-state index in [9.17, 15) is 4.79 Å². The predicted molar refractivity (Wildman–Crippen MR) is 49.6 cm³/mol. The Morgan fingerprint density at radius 1 is 1.67 bits per heavy atom. The van der Waals surface area contributed by atoms with Crippen LogP contribution in [-0.2, 0) is 0 Å². The fourth-order valence-corrected chi connectivity index (χ4v) is 2.25. The van der Waals surface area contributed by atoms with Gasteiger partial charge in [0.25, 0.3) is 0 Å².